The van der Waals surface area contributed by atoms with Gasteiger partial charge in [-0.25, -0.2) is 0 Å². The van der Waals surface area contributed by atoms with Gasteiger partial charge in [-0.1, -0.05) is 65.5 Å². The summed E-state index contributed by atoms with van der Waals surface area (Å²) < 4.78 is 11.2. The van der Waals surface area contributed by atoms with Crippen LogP contribution in [0.3, 0.4) is 0 Å². The van der Waals surface area contributed by atoms with Crippen molar-refractivity contribution in [1.82, 2.24) is 0 Å². The van der Waals surface area contributed by atoms with E-state index >= 15 is 0 Å². The van der Waals surface area contributed by atoms with Gasteiger partial charge in [0.05, 0.1) is 11.8 Å². The normalized spacial score (nSPS) is 11.0. The van der Waals surface area contributed by atoms with E-state index in [1.165, 1.54) is 0 Å². The van der Waals surface area contributed by atoms with Gasteiger partial charge in [-0.2, -0.15) is 0 Å². The molecule has 0 N–H and O–H groups in total. The fourth-order valence-corrected chi connectivity index (χ4v) is 3.16. The van der Waals surface area contributed by atoms with Crippen molar-refractivity contribution in [2.75, 3.05) is 0 Å². The molecule has 0 aliphatic heterocycles. The molecule has 0 aromatic heterocycles. The van der Waals surface area contributed by atoms with Crippen LogP contribution in [0.5, 0.6) is 11.5 Å². The van der Waals surface area contributed by atoms with Crippen LogP contribution in [0.1, 0.15) is 79.1 Å². The van der Waals surface area contributed by atoms with Gasteiger partial charge in [-0.15, -0.1) is 0 Å². The van der Waals surface area contributed by atoms with Crippen molar-refractivity contribution >= 4 is 11.9 Å². The van der Waals surface area contributed by atoms with Gasteiger partial charge >= 0.3 is 11.9 Å². The van der Waals surface area contributed by atoms with Crippen LogP contribution in [-0.2, 0) is 9.59 Å². The first kappa shape index (κ1) is 22.2. The highest BCUT2D eigenvalue weighted by molar-refractivity contribution is 5.78. The van der Waals surface area contributed by atoms with Gasteiger partial charge in [-0.3, -0.25) is 9.59 Å². The zero-order chi connectivity index (χ0) is 19.4. The van der Waals surface area contributed by atoms with E-state index < -0.39 is 0 Å². The Balaban J connectivity index is 2.86. The van der Waals surface area contributed by atoms with Crippen molar-refractivity contribution < 1.29 is 19.1 Å². The second-order valence-electron chi connectivity index (χ2n) is 6.84. The maximum absolute atomic E-state index is 12.5. The molecule has 146 valence electrons. The van der Waals surface area contributed by atoms with Crippen molar-refractivity contribution in [1.29, 1.82) is 0 Å². The highest BCUT2D eigenvalue weighted by atomic mass is 16.6. The van der Waals surface area contributed by atoms with Gasteiger partial charge in [0, 0.05) is 0 Å². The summed E-state index contributed by atoms with van der Waals surface area (Å²) in [7, 11) is 0. The summed E-state index contributed by atoms with van der Waals surface area (Å²) in [5, 5.41) is 0. The lowest BCUT2D eigenvalue weighted by Crippen LogP contribution is -2.23. The summed E-state index contributed by atoms with van der Waals surface area (Å²) in [4.78, 5) is 25.0. The van der Waals surface area contributed by atoms with E-state index in [1.807, 2.05) is 0 Å². The summed E-state index contributed by atoms with van der Waals surface area (Å²) in [6, 6.07) is 6.93. The summed E-state index contributed by atoms with van der Waals surface area (Å²) in [5.74, 6) is -0.0419. The zero-order valence-electron chi connectivity index (χ0n) is 16.8. The Kier molecular flexibility index (Phi) is 10.7. The topological polar surface area (TPSA) is 52.6 Å². The van der Waals surface area contributed by atoms with Crippen LogP contribution in [0.2, 0.25) is 0 Å². The lowest BCUT2D eigenvalue weighted by molar-refractivity contribution is -0.142. The van der Waals surface area contributed by atoms with Crippen molar-refractivity contribution in [2.24, 2.45) is 11.8 Å². The van der Waals surface area contributed by atoms with Crippen molar-refractivity contribution in [3.8, 4) is 11.5 Å². The molecule has 26 heavy (non-hydrogen) atoms. The minimum absolute atomic E-state index is 0.110. The molecule has 1 rings (SSSR count). The van der Waals surface area contributed by atoms with Crippen LogP contribution in [-0.4, -0.2) is 11.9 Å². The Morgan fingerprint density at radius 2 is 1.00 bits per heavy atom. The van der Waals surface area contributed by atoms with E-state index in [2.05, 4.69) is 27.7 Å². The molecule has 0 fully saturated rings. The zero-order valence-corrected chi connectivity index (χ0v) is 16.8. The number of para-hydroxylation sites is 2. The molecule has 0 bridgehead atoms. The van der Waals surface area contributed by atoms with Gasteiger partial charge in [0.25, 0.3) is 0 Å². The molecule has 4 nitrogen and oxygen atoms in total. The third kappa shape index (κ3) is 7.19. The average Bonchev–Trinajstić information content (AvgIpc) is 2.63. The first-order chi connectivity index (χ1) is 12.6. The third-order valence-corrected chi connectivity index (χ3v) is 4.49. The number of carbonyl (C=O) groups excluding carboxylic acids is 2. The smallest absolute Gasteiger partial charge is 0.314 e. The van der Waals surface area contributed by atoms with E-state index in [-0.39, 0.29) is 23.8 Å². The number of benzene rings is 1. The second kappa shape index (κ2) is 12.5. The Hall–Kier alpha value is -1.84. The van der Waals surface area contributed by atoms with Crippen molar-refractivity contribution in [3.05, 3.63) is 24.3 Å². The summed E-state index contributed by atoms with van der Waals surface area (Å²) >= 11 is 0. The van der Waals surface area contributed by atoms with E-state index in [0.29, 0.717) is 11.5 Å². The molecule has 0 aliphatic carbocycles. The minimum atomic E-state index is -0.240. The van der Waals surface area contributed by atoms with Gasteiger partial charge in [0.2, 0.25) is 0 Å². The Morgan fingerprint density at radius 1 is 0.692 bits per heavy atom. The number of ether oxygens (including phenoxy) is 2. The van der Waals surface area contributed by atoms with Crippen LogP contribution in [0.25, 0.3) is 0 Å². The van der Waals surface area contributed by atoms with Crippen LogP contribution in [0.15, 0.2) is 24.3 Å². The summed E-state index contributed by atoms with van der Waals surface area (Å²) in [6.45, 7) is 8.25. The largest absolute Gasteiger partial charge is 0.422 e. The molecule has 0 spiro atoms. The molecular weight excluding hydrogens is 328 g/mol. The standard InChI is InChI=1S/C22H34O4/c1-5-11-17(12-6-2)21(23)25-19-15-9-10-16-20(19)26-22(24)18(13-7-3)14-8-4/h9-10,15-18H,5-8,11-14H2,1-4H3. The first-order valence-corrected chi connectivity index (χ1v) is 10.1. The molecular formula is C22H34O4. The maximum atomic E-state index is 12.5. The summed E-state index contributed by atoms with van der Waals surface area (Å²) in [6.07, 6.45) is 6.98. The van der Waals surface area contributed by atoms with Crippen molar-refractivity contribution in [3.63, 3.8) is 0 Å². The highest BCUT2D eigenvalue weighted by Gasteiger charge is 2.23. The van der Waals surface area contributed by atoms with Crippen LogP contribution < -0.4 is 9.47 Å². The molecule has 0 aliphatic rings. The second-order valence-corrected chi connectivity index (χ2v) is 6.84. The van der Waals surface area contributed by atoms with E-state index in [4.69, 9.17) is 9.47 Å². The molecule has 1 aromatic carbocycles. The fraction of sp³-hybridized carbons (Fsp3) is 0.636. The number of carbonyl (C=O) groups is 2. The highest BCUT2D eigenvalue weighted by Crippen LogP contribution is 2.30. The predicted octanol–water partition coefficient (Wildman–Crippen LogP) is 5.93. The van der Waals surface area contributed by atoms with E-state index in [1.54, 1.807) is 24.3 Å². The molecule has 1 aromatic rings. The van der Waals surface area contributed by atoms with E-state index in [9.17, 15) is 9.59 Å². The quantitative estimate of drug-likeness (QED) is 0.341. The monoisotopic (exact) mass is 362 g/mol. The molecule has 0 radical (unpaired) electrons. The molecule has 0 saturated heterocycles. The summed E-state index contributed by atoms with van der Waals surface area (Å²) in [5.41, 5.74) is 0. The van der Waals surface area contributed by atoms with Gasteiger partial charge in [-0.05, 0) is 37.8 Å². The lowest BCUT2D eigenvalue weighted by atomic mass is 9.98. The fourth-order valence-electron chi connectivity index (χ4n) is 3.16. The molecule has 0 unspecified atom stereocenters. The predicted molar refractivity (Wildman–Crippen MR) is 104 cm³/mol. The van der Waals surface area contributed by atoms with Crippen LogP contribution in [0, 0.1) is 11.8 Å². The Morgan fingerprint density at radius 3 is 1.27 bits per heavy atom. The number of hydrogen-bond acceptors (Lipinski definition) is 4. The molecule has 4 heteroatoms. The van der Waals surface area contributed by atoms with Gasteiger partial charge < -0.3 is 9.47 Å². The third-order valence-electron chi connectivity index (χ3n) is 4.49. The Labute approximate surface area is 158 Å². The number of rotatable bonds is 12. The van der Waals surface area contributed by atoms with E-state index in [0.717, 1.165) is 51.4 Å². The molecule has 0 saturated carbocycles. The average molecular weight is 363 g/mol. The van der Waals surface area contributed by atoms with Crippen molar-refractivity contribution in [2.45, 2.75) is 79.1 Å². The minimum Gasteiger partial charge on any atom is -0.422 e. The Bertz CT molecular complexity index is 492. The molecule has 0 heterocycles. The van der Waals surface area contributed by atoms with Gasteiger partial charge in [0.15, 0.2) is 11.5 Å². The maximum Gasteiger partial charge on any atom is 0.314 e. The van der Waals surface area contributed by atoms with Crippen LogP contribution >= 0.6 is 0 Å². The van der Waals surface area contributed by atoms with Crippen LogP contribution in [0.4, 0.5) is 0 Å². The lowest BCUT2D eigenvalue weighted by Gasteiger charge is -2.18. The van der Waals surface area contributed by atoms with Gasteiger partial charge in [0.1, 0.15) is 0 Å². The SMILES string of the molecule is CCCC(CCC)C(=O)Oc1ccccc1OC(=O)C(CCC)CCC. The first-order valence-electron chi connectivity index (χ1n) is 10.1. The number of esters is 2. The molecule has 0 amide bonds. The molecule has 0 atom stereocenters. The number of hydrogen-bond donors (Lipinski definition) is 0.